The Morgan fingerprint density at radius 3 is 2.60 bits per heavy atom. The standard InChI is InChI=1S/C17H25NO2/c1-18(12-15-8-4-5-9-16(15)20-2)13-17(14-19)10-6-3-7-11-17/h4-5,8-9,14H,3,6-7,10-13H2,1-2H3. The Bertz CT molecular complexity index is 438. The molecule has 0 radical (unpaired) electrons. The van der Waals surface area contributed by atoms with E-state index >= 15 is 0 Å². The van der Waals surface area contributed by atoms with Crippen molar-refractivity contribution in [2.75, 3.05) is 20.7 Å². The molecule has 110 valence electrons. The van der Waals surface area contributed by atoms with Crippen molar-refractivity contribution in [1.29, 1.82) is 0 Å². The Morgan fingerprint density at radius 2 is 1.95 bits per heavy atom. The summed E-state index contributed by atoms with van der Waals surface area (Å²) in [4.78, 5) is 13.8. The normalized spacial score (nSPS) is 17.9. The molecule has 2 rings (SSSR count). The van der Waals surface area contributed by atoms with Crippen molar-refractivity contribution < 1.29 is 9.53 Å². The van der Waals surface area contributed by atoms with E-state index in [1.54, 1.807) is 7.11 Å². The number of hydrogen-bond donors (Lipinski definition) is 0. The first-order valence-corrected chi connectivity index (χ1v) is 7.46. The van der Waals surface area contributed by atoms with E-state index in [9.17, 15) is 4.79 Å². The van der Waals surface area contributed by atoms with Crippen LogP contribution in [-0.4, -0.2) is 31.9 Å². The van der Waals surface area contributed by atoms with E-state index in [4.69, 9.17) is 4.74 Å². The first-order chi connectivity index (χ1) is 9.69. The summed E-state index contributed by atoms with van der Waals surface area (Å²) in [7, 11) is 3.79. The lowest BCUT2D eigenvalue weighted by Gasteiger charge is -2.35. The monoisotopic (exact) mass is 275 g/mol. The number of nitrogens with zero attached hydrogens (tertiary/aromatic N) is 1. The molecule has 1 aromatic rings. The molecule has 0 bridgehead atoms. The van der Waals surface area contributed by atoms with Crippen molar-refractivity contribution in [2.45, 2.75) is 38.6 Å². The summed E-state index contributed by atoms with van der Waals surface area (Å²) in [5.41, 5.74) is 1.05. The lowest BCUT2D eigenvalue weighted by atomic mass is 9.75. The summed E-state index contributed by atoms with van der Waals surface area (Å²) in [6, 6.07) is 8.08. The smallest absolute Gasteiger partial charge is 0.127 e. The molecule has 0 spiro atoms. The fraction of sp³-hybridized carbons (Fsp3) is 0.588. The largest absolute Gasteiger partial charge is 0.496 e. The van der Waals surface area contributed by atoms with E-state index in [0.29, 0.717) is 0 Å². The molecule has 3 nitrogen and oxygen atoms in total. The van der Waals surface area contributed by atoms with E-state index in [2.05, 4.69) is 18.0 Å². The highest BCUT2D eigenvalue weighted by molar-refractivity contribution is 5.60. The van der Waals surface area contributed by atoms with Crippen LogP contribution < -0.4 is 4.74 Å². The lowest BCUT2D eigenvalue weighted by Crippen LogP contribution is -2.38. The van der Waals surface area contributed by atoms with Crippen molar-refractivity contribution in [2.24, 2.45) is 5.41 Å². The summed E-state index contributed by atoms with van der Waals surface area (Å²) in [6.45, 7) is 1.66. The highest BCUT2D eigenvalue weighted by atomic mass is 16.5. The van der Waals surface area contributed by atoms with Crippen LogP contribution in [0.2, 0.25) is 0 Å². The molecule has 1 aliphatic carbocycles. The molecule has 0 amide bonds. The number of para-hydroxylation sites is 1. The van der Waals surface area contributed by atoms with Gasteiger partial charge in [0.05, 0.1) is 7.11 Å². The number of ether oxygens (including phenoxy) is 1. The average Bonchev–Trinajstić information content (AvgIpc) is 2.48. The minimum Gasteiger partial charge on any atom is -0.496 e. The molecule has 1 saturated carbocycles. The van der Waals surface area contributed by atoms with Crippen LogP contribution in [0, 0.1) is 5.41 Å². The highest BCUT2D eigenvalue weighted by Gasteiger charge is 2.32. The van der Waals surface area contributed by atoms with Gasteiger partial charge in [-0.2, -0.15) is 0 Å². The minimum absolute atomic E-state index is 0.130. The van der Waals surface area contributed by atoms with Gasteiger partial charge in [0.25, 0.3) is 0 Å². The fourth-order valence-electron chi connectivity index (χ4n) is 3.29. The number of aldehydes is 1. The van der Waals surface area contributed by atoms with Crippen LogP contribution in [0.5, 0.6) is 5.75 Å². The van der Waals surface area contributed by atoms with Gasteiger partial charge in [-0.1, -0.05) is 37.5 Å². The number of carbonyl (C=O) groups excluding carboxylic acids is 1. The Hall–Kier alpha value is -1.35. The van der Waals surface area contributed by atoms with Gasteiger partial charge >= 0.3 is 0 Å². The molecule has 0 atom stereocenters. The van der Waals surface area contributed by atoms with Gasteiger partial charge < -0.3 is 14.4 Å². The van der Waals surface area contributed by atoms with Crippen molar-refractivity contribution in [3.63, 3.8) is 0 Å². The highest BCUT2D eigenvalue weighted by Crippen LogP contribution is 2.35. The number of benzene rings is 1. The molecule has 3 heteroatoms. The predicted octanol–water partition coefficient (Wildman–Crippen LogP) is 3.28. The molecule has 0 saturated heterocycles. The van der Waals surface area contributed by atoms with E-state index in [1.807, 2.05) is 18.2 Å². The number of carbonyl (C=O) groups is 1. The Morgan fingerprint density at radius 1 is 1.25 bits per heavy atom. The third-order valence-electron chi connectivity index (χ3n) is 4.32. The first kappa shape index (κ1) is 15.0. The zero-order valence-electron chi connectivity index (χ0n) is 12.6. The van der Waals surface area contributed by atoms with Crippen molar-refractivity contribution >= 4 is 6.29 Å². The zero-order chi connectivity index (χ0) is 14.4. The second-order valence-corrected chi connectivity index (χ2v) is 6.03. The molecule has 1 aromatic carbocycles. The Balaban J connectivity index is 2.00. The number of hydrogen-bond acceptors (Lipinski definition) is 3. The molecule has 1 fully saturated rings. The van der Waals surface area contributed by atoms with Crippen LogP contribution in [0.1, 0.15) is 37.7 Å². The van der Waals surface area contributed by atoms with Crippen LogP contribution in [-0.2, 0) is 11.3 Å². The van der Waals surface area contributed by atoms with Gasteiger partial charge in [-0.3, -0.25) is 0 Å². The van der Waals surface area contributed by atoms with Gasteiger partial charge in [-0.25, -0.2) is 0 Å². The van der Waals surface area contributed by atoms with E-state index in [1.165, 1.54) is 31.1 Å². The second-order valence-electron chi connectivity index (χ2n) is 6.03. The molecule has 20 heavy (non-hydrogen) atoms. The summed E-state index contributed by atoms with van der Waals surface area (Å²) in [6.07, 6.45) is 6.90. The molecule has 0 aliphatic heterocycles. The maximum atomic E-state index is 11.5. The molecule has 0 heterocycles. The quantitative estimate of drug-likeness (QED) is 0.746. The van der Waals surface area contributed by atoms with Crippen LogP contribution in [0.15, 0.2) is 24.3 Å². The molecule has 0 unspecified atom stereocenters. The SMILES string of the molecule is COc1ccccc1CN(C)CC1(C=O)CCCCC1. The zero-order valence-corrected chi connectivity index (χ0v) is 12.6. The van der Waals surface area contributed by atoms with E-state index in [-0.39, 0.29) is 5.41 Å². The summed E-state index contributed by atoms with van der Waals surface area (Å²) < 4.78 is 5.39. The van der Waals surface area contributed by atoms with Gasteiger partial charge in [0.2, 0.25) is 0 Å². The summed E-state index contributed by atoms with van der Waals surface area (Å²) >= 11 is 0. The predicted molar refractivity (Wildman–Crippen MR) is 80.9 cm³/mol. The van der Waals surface area contributed by atoms with Crippen molar-refractivity contribution in [3.8, 4) is 5.75 Å². The van der Waals surface area contributed by atoms with Crippen molar-refractivity contribution in [1.82, 2.24) is 4.90 Å². The third kappa shape index (κ3) is 3.60. The Labute approximate surface area is 121 Å². The maximum Gasteiger partial charge on any atom is 0.127 e. The molecular formula is C17H25NO2. The van der Waals surface area contributed by atoms with Crippen LogP contribution >= 0.6 is 0 Å². The minimum atomic E-state index is -0.130. The second kappa shape index (κ2) is 6.89. The van der Waals surface area contributed by atoms with E-state index in [0.717, 1.165) is 31.7 Å². The molecule has 0 N–H and O–H groups in total. The van der Waals surface area contributed by atoms with Crippen LogP contribution in [0.3, 0.4) is 0 Å². The average molecular weight is 275 g/mol. The van der Waals surface area contributed by atoms with Gasteiger partial charge in [-0.15, -0.1) is 0 Å². The fourth-order valence-corrected chi connectivity index (χ4v) is 3.29. The van der Waals surface area contributed by atoms with E-state index < -0.39 is 0 Å². The van der Waals surface area contributed by atoms with Crippen molar-refractivity contribution in [3.05, 3.63) is 29.8 Å². The number of methoxy groups -OCH3 is 1. The molecular weight excluding hydrogens is 250 g/mol. The van der Waals surface area contributed by atoms with Gasteiger partial charge in [0, 0.05) is 24.1 Å². The summed E-state index contributed by atoms with van der Waals surface area (Å²) in [5.74, 6) is 0.920. The van der Waals surface area contributed by atoms with Gasteiger partial charge in [0.1, 0.15) is 12.0 Å². The molecule has 1 aliphatic rings. The van der Waals surface area contributed by atoms with Crippen LogP contribution in [0.25, 0.3) is 0 Å². The van der Waals surface area contributed by atoms with Gasteiger partial charge in [-0.05, 0) is 26.0 Å². The molecule has 0 aromatic heterocycles. The summed E-state index contributed by atoms with van der Waals surface area (Å²) in [5, 5.41) is 0. The number of rotatable bonds is 6. The third-order valence-corrected chi connectivity index (χ3v) is 4.32. The van der Waals surface area contributed by atoms with Crippen LogP contribution in [0.4, 0.5) is 0 Å². The maximum absolute atomic E-state index is 11.5. The lowest BCUT2D eigenvalue weighted by molar-refractivity contribution is -0.119. The topological polar surface area (TPSA) is 29.5 Å². The first-order valence-electron chi connectivity index (χ1n) is 7.46. The van der Waals surface area contributed by atoms with Gasteiger partial charge in [0.15, 0.2) is 0 Å². The Kier molecular flexibility index (Phi) is 5.18.